The highest BCUT2D eigenvalue weighted by molar-refractivity contribution is 5.96. The third-order valence-corrected chi connectivity index (χ3v) is 8.03. The Balaban J connectivity index is 1.43. The Labute approximate surface area is 251 Å². The van der Waals surface area contributed by atoms with Crippen LogP contribution < -0.4 is 0 Å². The van der Waals surface area contributed by atoms with Crippen molar-refractivity contribution in [2.24, 2.45) is 0 Å². The summed E-state index contributed by atoms with van der Waals surface area (Å²) in [6.07, 6.45) is 1.87. The number of para-hydroxylation sites is 2. The molecule has 0 saturated heterocycles. The molecule has 0 atom stereocenters. The lowest BCUT2D eigenvalue weighted by Gasteiger charge is -2.17. The summed E-state index contributed by atoms with van der Waals surface area (Å²) < 4.78 is 2.20. The van der Waals surface area contributed by atoms with Crippen molar-refractivity contribution in [1.82, 2.24) is 14.5 Å². The number of fused-ring (bicyclic) bond motifs is 1. The third kappa shape index (κ3) is 4.77. The zero-order valence-corrected chi connectivity index (χ0v) is 24.4. The van der Waals surface area contributed by atoms with Crippen LogP contribution in [0.4, 0.5) is 0 Å². The molecule has 4 nitrogen and oxygen atoms in total. The fourth-order valence-electron chi connectivity index (χ4n) is 6.17. The van der Waals surface area contributed by atoms with Crippen molar-refractivity contribution in [2.75, 3.05) is 0 Å². The summed E-state index contributed by atoms with van der Waals surface area (Å²) in [7, 11) is 0. The number of benzene rings is 5. The molecule has 5 aromatic carbocycles. The molecule has 0 aliphatic heterocycles. The Hall–Kier alpha value is -5.48. The topological polar surface area (TPSA) is 50.9 Å². The zero-order chi connectivity index (χ0) is 29.5. The van der Waals surface area contributed by atoms with Gasteiger partial charge in [-0.3, -0.25) is 9.55 Å². The van der Waals surface area contributed by atoms with Crippen LogP contribution in [0.1, 0.15) is 16.7 Å². The molecule has 0 aliphatic carbocycles. The van der Waals surface area contributed by atoms with Crippen molar-refractivity contribution in [1.29, 1.82) is 0 Å². The monoisotopic (exact) mass is 557 g/mol. The molecule has 2 heterocycles. The second kappa shape index (κ2) is 10.7. The number of phenolic OH excluding ortho intramolecular Hbond substituents is 1. The van der Waals surface area contributed by atoms with E-state index in [1.54, 1.807) is 6.07 Å². The lowest BCUT2D eigenvalue weighted by Crippen LogP contribution is -2.03. The van der Waals surface area contributed by atoms with Gasteiger partial charge in [-0.15, -0.1) is 0 Å². The maximum absolute atomic E-state index is 10.9. The number of aromatic hydroxyl groups is 1. The first kappa shape index (κ1) is 26.4. The van der Waals surface area contributed by atoms with Crippen molar-refractivity contribution in [3.63, 3.8) is 0 Å². The Morgan fingerprint density at radius 3 is 2.05 bits per heavy atom. The number of imidazole rings is 1. The van der Waals surface area contributed by atoms with E-state index in [0.29, 0.717) is 11.4 Å². The van der Waals surface area contributed by atoms with E-state index in [0.717, 1.165) is 61.4 Å². The fraction of sp³-hybridized carbons (Fsp3) is 0.0769. The Bertz CT molecular complexity index is 2100. The third-order valence-electron chi connectivity index (χ3n) is 8.03. The number of phenols is 1. The van der Waals surface area contributed by atoms with Crippen LogP contribution in [0.3, 0.4) is 0 Å². The van der Waals surface area contributed by atoms with Gasteiger partial charge in [-0.1, -0.05) is 90.5 Å². The second-order valence-corrected chi connectivity index (χ2v) is 11.1. The minimum absolute atomic E-state index is 0.203. The molecular formula is C39H31N3O. The van der Waals surface area contributed by atoms with Gasteiger partial charge in [-0.25, -0.2) is 4.98 Å². The molecule has 0 fully saturated rings. The fourth-order valence-corrected chi connectivity index (χ4v) is 6.17. The van der Waals surface area contributed by atoms with E-state index in [1.165, 1.54) is 5.56 Å². The highest BCUT2D eigenvalue weighted by Gasteiger charge is 2.21. The average molecular weight is 558 g/mol. The van der Waals surface area contributed by atoms with E-state index in [2.05, 4.69) is 110 Å². The lowest BCUT2D eigenvalue weighted by atomic mass is 9.98. The van der Waals surface area contributed by atoms with Gasteiger partial charge in [0.25, 0.3) is 0 Å². The minimum atomic E-state index is 0.203. The SMILES string of the molecule is Cc1cc(C)c(-n2c(-c3ccccc3O)nc3c(-c4cccc(-c5cc(-c6ccccc6)ccn5)c4)cccc32)c(C)c1. The van der Waals surface area contributed by atoms with Crippen LogP contribution in [0, 0.1) is 20.8 Å². The molecule has 4 heteroatoms. The van der Waals surface area contributed by atoms with Crippen molar-refractivity contribution < 1.29 is 5.11 Å². The molecule has 0 spiro atoms. The van der Waals surface area contributed by atoms with E-state index in [1.807, 2.05) is 36.5 Å². The molecular weight excluding hydrogens is 526 g/mol. The lowest BCUT2D eigenvalue weighted by molar-refractivity contribution is 0.477. The number of aryl methyl sites for hydroxylation is 3. The van der Waals surface area contributed by atoms with Crippen LogP contribution in [0.25, 0.3) is 61.6 Å². The Kier molecular flexibility index (Phi) is 6.59. The molecule has 0 radical (unpaired) electrons. The zero-order valence-electron chi connectivity index (χ0n) is 24.4. The van der Waals surface area contributed by atoms with Gasteiger partial charge in [0.2, 0.25) is 0 Å². The highest BCUT2D eigenvalue weighted by Crippen LogP contribution is 2.39. The van der Waals surface area contributed by atoms with Crippen molar-refractivity contribution in [3.8, 4) is 56.3 Å². The van der Waals surface area contributed by atoms with Crippen LogP contribution in [0.15, 0.2) is 128 Å². The summed E-state index contributed by atoms with van der Waals surface area (Å²) in [5.74, 6) is 0.915. The predicted molar refractivity (Wildman–Crippen MR) is 176 cm³/mol. The van der Waals surface area contributed by atoms with Crippen LogP contribution in [-0.2, 0) is 0 Å². The predicted octanol–water partition coefficient (Wildman–Crippen LogP) is 9.72. The van der Waals surface area contributed by atoms with Crippen LogP contribution in [-0.4, -0.2) is 19.6 Å². The molecule has 0 unspecified atom stereocenters. The number of nitrogens with zero attached hydrogens (tertiary/aromatic N) is 3. The van der Waals surface area contributed by atoms with Crippen molar-refractivity contribution >= 4 is 11.0 Å². The largest absolute Gasteiger partial charge is 0.507 e. The number of pyridine rings is 1. The van der Waals surface area contributed by atoms with E-state index in [4.69, 9.17) is 9.97 Å². The molecule has 0 bridgehead atoms. The van der Waals surface area contributed by atoms with E-state index < -0.39 is 0 Å². The van der Waals surface area contributed by atoms with Crippen molar-refractivity contribution in [2.45, 2.75) is 20.8 Å². The van der Waals surface area contributed by atoms with Gasteiger partial charge in [-0.05, 0) is 85.0 Å². The molecule has 0 aliphatic rings. The molecule has 0 amide bonds. The molecule has 7 rings (SSSR count). The Morgan fingerprint density at radius 2 is 1.26 bits per heavy atom. The van der Waals surface area contributed by atoms with Gasteiger partial charge < -0.3 is 5.11 Å². The molecule has 7 aromatic rings. The molecule has 2 aromatic heterocycles. The second-order valence-electron chi connectivity index (χ2n) is 11.1. The van der Waals surface area contributed by atoms with Crippen LogP contribution in [0.2, 0.25) is 0 Å². The maximum atomic E-state index is 10.9. The minimum Gasteiger partial charge on any atom is -0.507 e. The quantitative estimate of drug-likeness (QED) is 0.229. The summed E-state index contributed by atoms with van der Waals surface area (Å²) in [5.41, 5.74) is 13.5. The van der Waals surface area contributed by atoms with Gasteiger partial charge in [0, 0.05) is 17.3 Å². The maximum Gasteiger partial charge on any atom is 0.149 e. The number of hydrogen-bond donors (Lipinski definition) is 1. The number of rotatable bonds is 5. The average Bonchev–Trinajstić information content (AvgIpc) is 3.40. The number of aromatic nitrogens is 3. The van der Waals surface area contributed by atoms with Gasteiger partial charge in [0.1, 0.15) is 11.6 Å². The summed E-state index contributed by atoms with van der Waals surface area (Å²) >= 11 is 0. The van der Waals surface area contributed by atoms with Gasteiger partial charge >= 0.3 is 0 Å². The Morgan fingerprint density at radius 1 is 0.581 bits per heavy atom. The summed E-state index contributed by atoms with van der Waals surface area (Å²) in [5, 5.41) is 10.9. The first-order valence-electron chi connectivity index (χ1n) is 14.5. The summed E-state index contributed by atoms with van der Waals surface area (Å²) in [6, 6.07) is 41.2. The molecule has 43 heavy (non-hydrogen) atoms. The summed E-state index contributed by atoms with van der Waals surface area (Å²) in [6.45, 7) is 6.40. The molecule has 208 valence electrons. The number of hydrogen-bond acceptors (Lipinski definition) is 3. The standard InChI is InChI=1S/C39H31N3O/c1-25-21-26(2)38(27(3)22-25)42-35-17-10-16-32(37(35)41-39(42)33-15-7-8-18-36(33)43)30-13-9-14-31(23-30)34-24-29(19-20-40-34)28-11-5-4-6-12-28/h4-24,43H,1-3H3. The van der Waals surface area contributed by atoms with Crippen LogP contribution >= 0.6 is 0 Å². The van der Waals surface area contributed by atoms with E-state index >= 15 is 0 Å². The first-order valence-corrected chi connectivity index (χ1v) is 14.5. The van der Waals surface area contributed by atoms with Gasteiger partial charge in [-0.2, -0.15) is 0 Å². The first-order chi connectivity index (χ1) is 21.0. The molecule has 1 N–H and O–H groups in total. The van der Waals surface area contributed by atoms with Crippen molar-refractivity contribution in [3.05, 3.63) is 144 Å². The van der Waals surface area contributed by atoms with Crippen LogP contribution in [0.5, 0.6) is 5.75 Å². The molecule has 0 saturated carbocycles. The van der Waals surface area contributed by atoms with E-state index in [9.17, 15) is 5.11 Å². The van der Waals surface area contributed by atoms with E-state index in [-0.39, 0.29) is 5.75 Å². The normalized spacial score (nSPS) is 11.2. The smallest absolute Gasteiger partial charge is 0.149 e. The van der Waals surface area contributed by atoms with Gasteiger partial charge in [0.05, 0.1) is 28.0 Å². The highest BCUT2D eigenvalue weighted by atomic mass is 16.3. The summed E-state index contributed by atoms with van der Waals surface area (Å²) in [4.78, 5) is 9.96. The van der Waals surface area contributed by atoms with Gasteiger partial charge in [0.15, 0.2) is 0 Å².